The first-order valence-corrected chi connectivity index (χ1v) is 5.77. The van der Waals surface area contributed by atoms with E-state index in [-0.39, 0.29) is 40.1 Å². The van der Waals surface area contributed by atoms with Gasteiger partial charge in [-0.1, -0.05) is 23.2 Å². The van der Waals surface area contributed by atoms with E-state index in [1.165, 1.54) is 4.90 Å². The van der Waals surface area contributed by atoms with Crippen molar-refractivity contribution >= 4 is 41.3 Å². The van der Waals surface area contributed by atoms with E-state index in [4.69, 9.17) is 29.6 Å². The third-order valence-electron chi connectivity index (χ3n) is 2.56. The lowest BCUT2D eigenvalue weighted by Crippen LogP contribution is -2.26. The molecule has 92 valence electrons. The molecule has 7 heteroatoms. The van der Waals surface area contributed by atoms with Crippen LogP contribution in [0.2, 0.25) is 10.3 Å². The molecule has 0 aromatic carbocycles. The van der Waals surface area contributed by atoms with Gasteiger partial charge in [0.1, 0.15) is 10.3 Å². The monoisotopic (exact) mass is 283 g/mol. The Labute approximate surface area is 113 Å². The number of hydrogen-bond acceptors (Lipinski definition) is 4. The third kappa shape index (κ3) is 2.17. The minimum absolute atomic E-state index is 0.00206. The van der Waals surface area contributed by atoms with E-state index in [2.05, 4.69) is 15.9 Å². The molecule has 0 saturated carbocycles. The van der Waals surface area contributed by atoms with Gasteiger partial charge < -0.3 is 0 Å². The van der Waals surface area contributed by atoms with Gasteiger partial charge in [0.15, 0.2) is 6.29 Å². The maximum Gasteiger partial charge on any atom is 0.235 e. The topological polar surface area (TPSA) is 63.2 Å². The molecule has 1 unspecified atom stereocenters. The first-order valence-electron chi connectivity index (χ1n) is 5.01. The molecule has 0 radical (unpaired) electrons. The summed E-state index contributed by atoms with van der Waals surface area (Å²) >= 11 is 11.6. The Hall–Kier alpha value is -1.64. The van der Waals surface area contributed by atoms with Crippen molar-refractivity contribution in [3.05, 3.63) is 15.9 Å². The van der Waals surface area contributed by atoms with Crippen molar-refractivity contribution in [2.75, 3.05) is 11.4 Å². The highest BCUT2D eigenvalue weighted by atomic mass is 35.5. The van der Waals surface area contributed by atoms with E-state index in [1.54, 1.807) is 0 Å². The fourth-order valence-electron chi connectivity index (χ4n) is 1.64. The van der Waals surface area contributed by atoms with Gasteiger partial charge in [-0.05, 0) is 0 Å². The average Bonchev–Trinajstić information content (AvgIpc) is 2.70. The Bertz CT molecular complexity index is 545. The molecule has 1 saturated heterocycles. The summed E-state index contributed by atoms with van der Waals surface area (Å²) in [5.74, 6) is 2.21. The quantitative estimate of drug-likeness (QED) is 0.470. The highest BCUT2D eigenvalue weighted by Crippen LogP contribution is 2.26. The molecule has 1 aliphatic heterocycles. The van der Waals surface area contributed by atoms with Gasteiger partial charge in [0, 0.05) is 18.9 Å². The Morgan fingerprint density at radius 2 is 2.00 bits per heavy atom. The van der Waals surface area contributed by atoms with Crippen LogP contribution in [0.25, 0.3) is 0 Å². The van der Waals surface area contributed by atoms with Crippen LogP contribution in [-0.2, 0) is 4.79 Å². The van der Waals surface area contributed by atoms with E-state index < -0.39 is 0 Å². The van der Waals surface area contributed by atoms with Crippen molar-refractivity contribution < 1.29 is 9.59 Å². The van der Waals surface area contributed by atoms with Crippen molar-refractivity contribution in [2.24, 2.45) is 5.92 Å². The second-order valence-electron chi connectivity index (χ2n) is 3.71. The smallest absolute Gasteiger partial charge is 0.235 e. The molecule has 1 atom stereocenters. The van der Waals surface area contributed by atoms with Crippen LogP contribution in [0, 0.1) is 18.3 Å². The molecule has 1 aromatic rings. The lowest BCUT2D eigenvalue weighted by molar-refractivity contribution is -0.117. The van der Waals surface area contributed by atoms with Gasteiger partial charge in [0.05, 0.1) is 5.56 Å². The zero-order chi connectivity index (χ0) is 13.3. The van der Waals surface area contributed by atoms with Crippen molar-refractivity contribution in [3.8, 4) is 12.3 Å². The minimum atomic E-state index is -0.191. The molecule has 0 N–H and O–H groups in total. The molecule has 0 bridgehead atoms. The zero-order valence-corrected chi connectivity index (χ0v) is 10.6. The van der Waals surface area contributed by atoms with E-state index in [0.717, 1.165) is 0 Å². The summed E-state index contributed by atoms with van der Waals surface area (Å²) < 4.78 is 0. The molecule has 0 aliphatic carbocycles. The van der Waals surface area contributed by atoms with Crippen LogP contribution < -0.4 is 4.90 Å². The number of aromatic nitrogens is 2. The summed E-state index contributed by atoms with van der Waals surface area (Å²) in [5.41, 5.74) is 0.00206. The number of aldehydes is 1. The molecule has 2 heterocycles. The lowest BCUT2D eigenvalue weighted by atomic mass is 10.1. The van der Waals surface area contributed by atoms with Crippen LogP contribution in [0.4, 0.5) is 5.95 Å². The first-order chi connectivity index (χ1) is 8.56. The third-order valence-corrected chi connectivity index (χ3v) is 3.14. The summed E-state index contributed by atoms with van der Waals surface area (Å²) in [6.45, 7) is 0.322. The number of amides is 1. The normalized spacial score (nSPS) is 18.8. The van der Waals surface area contributed by atoms with Crippen LogP contribution in [0.1, 0.15) is 16.8 Å². The summed E-state index contributed by atoms with van der Waals surface area (Å²) in [5, 5.41) is -0.172. The minimum Gasteiger partial charge on any atom is -0.298 e. The van der Waals surface area contributed by atoms with E-state index in [9.17, 15) is 9.59 Å². The van der Waals surface area contributed by atoms with Gasteiger partial charge in [0.25, 0.3) is 0 Å². The second-order valence-corrected chi connectivity index (χ2v) is 4.42. The molecular weight excluding hydrogens is 277 g/mol. The van der Waals surface area contributed by atoms with Crippen molar-refractivity contribution in [2.45, 2.75) is 6.42 Å². The fraction of sp³-hybridized carbons (Fsp3) is 0.273. The Morgan fingerprint density at radius 1 is 1.39 bits per heavy atom. The van der Waals surface area contributed by atoms with Crippen molar-refractivity contribution in [1.29, 1.82) is 0 Å². The number of halogens is 2. The van der Waals surface area contributed by atoms with E-state index in [1.807, 2.05) is 0 Å². The molecule has 1 aliphatic rings. The molecule has 0 spiro atoms. The Balaban J connectivity index is 2.39. The van der Waals surface area contributed by atoms with Crippen LogP contribution in [0.3, 0.4) is 0 Å². The SMILES string of the molecule is C#CC1CC(=O)N(c2nc(Cl)c(C=O)c(Cl)n2)C1. The Morgan fingerprint density at radius 3 is 2.44 bits per heavy atom. The fourth-order valence-corrected chi connectivity index (χ4v) is 2.10. The van der Waals surface area contributed by atoms with Gasteiger partial charge in [-0.2, -0.15) is 9.97 Å². The van der Waals surface area contributed by atoms with E-state index in [0.29, 0.717) is 12.8 Å². The molecule has 1 fully saturated rings. The number of terminal acetylenes is 1. The average molecular weight is 284 g/mol. The largest absolute Gasteiger partial charge is 0.298 e. The number of nitrogens with zero attached hydrogens (tertiary/aromatic N) is 3. The predicted octanol–water partition coefficient (Wildman–Crippen LogP) is 1.58. The van der Waals surface area contributed by atoms with Crippen molar-refractivity contribution in [3.63, 3.8) is 0 Å². The molecule has 1 aromatic heterocycles. The van der Waals surface area contributed by atoms with Gasteiger partial charge in [-0.25, -0.2) is 0 Å². The van der Waals surface area contributed by atoms with Crippen LogP contribution in [-0.4, -0.2) is 28.7 Å². The zero-order valence-electron chi connectivity index (χ0n) is 9.06. The summed E-state index contributed by atoms with van der Waals surface area (Å²) in [6.07, 6.45) is 5.98. The van der Waals surface area contributed by atoms with Crippen LogP contribution in [0.5, 0.6) is 0 Å². The van der Waals surface area contributed by atoms with E-state index >= 15 is 0 Å². The molecule has 18 heavy (non-hydrogen) atoms. The van der Waals surface area contributed by atoms with Crippen LogP contribution >= 0.6 is 23.2 Å². The van der Waals surface area contributed by atoms with Gasteiger partial charge >= 0.3 is 0 Å². The highest BCUT2D eigenvalue weighted by Gasteiger charge is 2.31. The van der Waals surface area contributed by atoms with Gasteiger partial charge in [0.2, 0.25) is 11.9 Å². The van der Waals surface area contributed by atoms with Gasteiger partial charge in [-0.3, -0.25) is 14.5 Å². The van der Waals surface area contributed by atoms with Gasteiger partial charge in [-0.15, -0.1) is 12.3 Å². The highest BCUT2D eigenvalue weighted by molar-refractivity contribution is 6.37. The number of carbonyl (C=O) groups is 2. The lowest BCUT2D eigenvalue weighted by Gasteiger charge is -2.14. The molecular formula is C11H7Cl2N3O2. The van der Waals surface area contributed by atoms with Crippen molar-refractivity contribution in [1.82, 2.24) is 9.97 Å². The summed E-state index contributed by atoms with van der Waals surface area (Å²) in [7, 11) is 0. The number of rotatable bonds is 2. The summed E-state index contributed by atoms with van der Waals surface area (Å²) in [6, 6.07) is 0. The molecule has 1 amide bonds. The second kappa shape index (κ2) is 4.92. The maximum atomic E-state index is 11.7. The standard InChI is InChI=1S/C11H7Cl2N3O2/c1-2-6-3-8(18)16(4-6)11-14-9(12)7(5-17)10(13)15-11/h1,5-6H,3-4H2. The number of carbonyl (C=O) groups excluding carboxylic acids is 2. The number of hydrogen-bond donors (Lipinski definition) is 0. The predicted molar refractivity (Wildman–Crippen MR) is 66.7 cm³/mol. The maximum absolute atomic E-state index is 11.7. The summed E-state index contributed by atoms with van der Waals surface area (Å²) in [4.78, 5) is 31.5. The Kier molecular flexibility index (Phi) is 3.50. The first kappa shape index (κ1) is 12.8. The molecule has 5 nitrogen and oxygen atoms in total. The van der Waals surface area contributed by atoms with Crippen LogP contribution in [0.15, 0.2) is 0 Å². The number of anilines is 1. The molecule has 2 rings (SSSR count).